The van der Waals surface area contributed by atoms with Gasteiger partial charge < -0.3 is 9.84 Å². The van der Waals surface area contributed by atoms with Crippen molar-refractivity contribution < 1.29 is 23.1 Å². The van der Waals surface area contributed by atoms with Crippen LogP contribution in [0.25, 0.3) is 5.69 Å². The van der Waals surface area contributed by atoms with Gasteiger partial charge in [-0.25, -0.2) is 17.9 Å². The van der Waals surface area contributed by atoms with E-state index >= 15 is 0 Å². The number of rotatable bonds is 5. The minimum atomic E-state index is -3.92. The van der Waals surface area contributed by atoms with Gasteiger partial charge in [0.1, 0.15) is 0 Å². The number of benzene rings is 2. The van der Waals surface area contributed by atoms with Gasteiger partial charge in [-0.2, -0.15) is 5.10 Å². The molecule has 0 saturated heterocycles. The van der Waals surface area contributed by atoms with Crippen LogP contribution in [0.15, 0.2) is 75.4 Å². The largest absolute Gasteiger partial charge is 0.503 e. The lowest BCUT2D eigenvalue weighted by Crippen LogP contribution is -2.23. The molecule has 3 aromatic rings. The van der Waals surface area contributed by atoms with E-state index in [1.807, 2.05) is 0 Å². The Hall–Kier alpha value is -3.46. The summed E-state index contributed by atoms with van der Waals surface area (Å²) in [5, 5.41) is 13.8. The van der Waals surface area contributed by atoms with Gasteiger partial charge >= 0.3 is 5.97 Å². The Labute approximate surface area is 160 Å². The monoisotopic (exact) mass is 400 g/mol. The van der Waals surface area contributed by atoms with Crippen LogP contribution in [-0.4, -0.2) is 35.9 Å². The van der Waals surface area contributed by atoms with Crippen molar-refractivity contribution in [2.75, 3.05) is 6.61 Å². The Morgan fingerprint density at radius 2 is 1.75 bits per heavy atom. The molecule has 0 fully saturated rings. The Kier molecular flexibility index (Phi) is 5.27. The van der Waals surface area contributed by atoms with Crippen molar-refractivity contribution in [2.24, 2.45) is 0 Å². The molecule has 2 aromatic carbocycles. The second kappa shape index (κ2) is 7.65. The van der Waals surface area contributed by atoms with Gasteiger partial charge in [-0.3, -0.25) is 4.79 Å². The molecule has 0 amide bonds. The van der Waals surface area contributed by atoms with Crippen molar-refractivity contribution in [3.05, 3.63) is 76.7 Å². The number of aromatic nitrogens is 2. The van der Waals surface area contributed by atoms with E-state index in [4.69, 9.17) is 4.74 Å². The first-order valence-electron chi connectivity index (χ1n) is 8.26. The van der Waals surface area contributed by atoms with Crippen LogP contribution in [0, 0.1) is 0 Å². The van der Waals surface area contributed by atoms with Gasteiger partial charge in [-0.05, 0) is 31.2 Å². The highest BCUT2D eigenvalue weighted by Crippen LogP contribution is 2.26. The van der Waals surface area contributed by atoms with Crippen molar-refractivity contribution in [3.8, 4) is 11.4 Å². The molecule has 0 aliphatic heterocycles. The normalized spacial score (nSPS) is 11.2. The second-order valence-corrected chi connectivity index (χ2v) is 7.56. The van der Waals surface area contributed by atoms with E-state index in [1.165, 1.54) is 30.3 Å². The number of carbonyl (C=O) groups excluding carboxylic acids is 1. The molecule has 0 unspecified atom stereocenters. The zero-order valence-corrected chi connectivity index (χ0v) is 15.6. The number of aromatic hydroxyl groups is 1. The summed E-state index contributed by atoms with van der Waals surface area (Å²) in [7, 11) is -3.92. The molecule has 144 valence electrons. The lowest BCUT2D eigenvalue weighted by atomic mass is 10.3. The van der Waals surface area contributed by atoms with Crippen LogP contribution >= 0.6 is 0 Å². The minimum Gasteiger partial charge on any atom is -0.503 e. The quantitative estimate of drug-likeness (QED) is 0.651. The fourth-order valence-electron chi connectivity index (χ4n) is 2.53. The summed E-state index contributed by atoms with van der Waals surface area (Å²) >= 11 is 0. The summed E-state index contributed by atoms with van der Waals surface area (Å²) in [6, 6.07) is 13.7. The number of nitrogens with zero attached hydrogens (tertiary/aromatic N) is 2. The van der Waals surface area contributed by atoms with Crippen LogP contribution in [0.1, 0.15) is 17.4 Å². The average molecular weight is 400 g/mol. The fourth-order valence-corrected chi connectivity index (χ4v) is 4.00. The molecule has 1 heterocycles. The average Bonchev–Trinajstić information content (AvgIpc) is 2.70. The molecule has 0 atom stereocenters. The predicted molar refractivity (Wildman–Crippen MR) is 99.3 cm³/mol. The van der Waals surface area contributed by atoms with E-state index in [-0.39, 0.29) is 22.1 Å². The third-order valence-electron chi connectivity index (χ3n) is 3.82. The molecule has 0 aliphatic carbocycles. The van der Waals surface area contributed by atoms with Crippen molar-refractivity contribution in [2.45, 2.75) is 16.7 Å². The van der Waals surface area contributed by atoms with E-state index < -0.39 is 32.7 Å². The third kappa shape index (κ3) is 3.52. The van der Waals surface area contributed by atoms with E-state index in [0.717, 1.165) is 10.9 Å². The molecule has 3 rings (SSSR count). The van der Waals surface area contributed by atoms with Crippen LogP contribution in [-0.2, 0) is 14.6 Å². The number of sulfone groups is 1. The Bertz CT molecular complexity index is 1190. The molecule has 8 nitrogen and oxygen atoms in total. The maximum absolute atomic E-state index is 13.0. The number of ether oxygens (including phenoxy) is 1. The van der Waals surface area contributed by atoms with Gasteiger partial charge in [0.25, 0.3) is 5.43 Å². The number of para-hydroxylation sites is 1. The summed E-state index contributed by atoms with van der Waals surface area (Å²) in [4.78, 5) is 24.0. The first-order chi connectivity index (χ1) is 13.4. The van der Waals surface area contributed by atoms with E-state index in [2.05, 4.69) is 5.10 Å². The van der Waals surface area contributed by atoms with Gasteiger partial charge in [0.05, 0.1) is 28.3 Å². The molecule has 0 aliphatic rings. The smallest absolute Gasteiger partial charge is 0.363 e. The third-order valence-corrected chi connectivity index (χ3v) is 5.64. The highest BCUT2D eigenvalue weighted by molar-refractivity contribution is 7.91. The molecular formula is C19H16N2O6S. The summed E-state index contributed by atoms with van der Waals surface area (Å²) < 4.78 is 31.8. The molecule has 9 heteroatoms. The van der Waals surface area contributed by atoms with Crippen LogP contribution in [0.5, 0.6) is 5.75 Å². The predicted octanol–water partition coefficient (Wildman–Crippen LogP) is 1.95. The van der Waals surface area contributed by atoms with Gasteiger partial charge in [-0.15, -0.1) is 0 Å². The minimum absolute atomic E-state index is 0.00851. The standard InChI is InChI=1S/C19H16N2O6S/c1-2-27-19(24)17-18(23)15(22)12-21(20-17)14-10-6-7-11-16(14)28(25,26)13-8-4-3-5-9-13/h3-12,22H,2H2,1H3. The van der Waals surface area contributed by atoms with Crippen LogP contribution in [0.3, 0.4) is 0 Å². The zero-order chi connectivity index (χ0) is 20.3. The maximum atomic E-state index is 13.0. The molecule has 0 spiro atoms. The molecule has 0 bridgehead atoms. The first-order valence-corrected chi connectivity index (χ1v) is 9.74. The van der Waals surface area contributed by atoms with Crippen molar-refractivity contribution in [1.29, 1.82) is 0 Å². The van der Waals surface area contributed by atoms with Gasteiger partial charge in [0.15, 0.2) is 5.75 Å². The van der Waals surface area contributed by atoms with Crippen LogP contribution in [0.4, 0.5) is 0 Å². The van der Waals surface area contributed by atoms with Crippen LogP contribution in [0.2, 0.25) is 0 Å². The number of hydrogen-bond acceptors (Lipinski definition) is 7. The summed E-state index contributed by atoms with van der Waals surface area (Å²) in [6.07, 6.45) is 0.949. The summed E-state index contributed by atoms with van der Waals surface area (Å²) in [5.74, 6) is -1.77. The van der Waals surface area contributed by atoms with Crippen molar-refractivity contribution in [3.63, 3.8) is 0 Å². The number of carbonyl (C=O) groups is 1. The first kappa shape index (κ1) is 19.3. The number of esters is 1. The summed E-state index contributed by atoms with van der Waals surface area (Å²) in [5.41, 5.74) is -1.58. The second-order valence-electron chi connectivity index (χ2n) is 5.64. The number of hydrogen-bond donors (Lipinski definition) is 1. The topological polar surface area (TPSA) is 116 Å². The zero-order valence-electron chi connectivity index (χ0n) is 14.8. The molecule has 28 heavy (non-hydrogen) atoms. The maximum Gasteiger partial charge on any atom is 0.363 e. The SMILES string of the molecule is CCOC(=O)c1nn(-c2ccccc2S(=O)(=O)c2ccccc2)cc(O)c1=O. The van der Waals surface area contributed by atoms with Gasteiger partial charge in [0, 0.05) is 0 Å². The Balaban J connectivity index is 2.22. The lowest BCUT2D eigenvalue weighted by Gasteiger charge is -2.13. The van der Waals surface area contributed by atoms with Gasteiger partial charge in [-0.1, -0.05) is 30.3 Å². The highest BCUT2D eigenvalue weighted by Gasteiger charge is 2.24. The Morgan fingerprint density at radius 1 is 1.11 bits per heavy atom. The molecular weight excluding hydrogens is 384 g/mol. The van der Waals surface area contributed by atoms with Crippen LogP contribution < -0.4 is 5.43 Å². The highest BCUT2D eigenvalue weighted by atomic mass is 32.2. The fraction of sp³-hybridized carbons (Fsp3) is 0.105. The lowest BCUT2D eigenvalue weighted by molar-refractivity contribution is 0.0514. The van der Waals surface area contributed by atoms with Gasteiger partial charge in [0.2, 0.25) is 15.5 Å². The molecule has 0 radical (unpaired) electrons. The van der Waals surface area contributed by atoms with E-state index in [1.54, 1.807) is 31.2 Å². The van der Waals surface area contributed by atoms with E-state index in [0.29, 0.717) is 0 Å². The Morgan fingerprint density at radius 3 is 2.43 bits per heavy atom. The van der Waals surface area contributed by atoms with Crippen molar-refractivity contribution in [1.82, 2.24) is 9.78 Å². The van der Waals surface area contributed by atoms with E-state index in [9.17, 15) is 23.1 Å². The molecule has 1 aromatic heterocycles. The molecule has 0 saturated carbocycles. The summed E-state index contributed by atoms with van der Waals surface area (Å²) in [6.45, 7) is 1.57. The van der Waals surface area contributed by atoms with Crippen molar-refractivity contribution >= 4 is 15.8 Å². The molecule has 1 N–H and O–H groups in total.